The molecule has 1 aromatic heterocycles. The van der Waals surface area contributed by atoms with Crippen LogP contribution < -0.4 is 5.32 Å². The molecule has 4 heteroatoms. The fraction of sp³-hybridized carbons (Fsp3) is 0.333. The Balaban J connectivity index is 2.24. The van der Waals surface area contributed by atoms with Crippen LogP contribution in [0.25, 0.3) is 11.4 Å². The van der Waals surface area contributed by atoms with Gasteiger partial charge in [-0.05, 0) is 24.6 Å². The first kappa shape index (κ1) is 14.2. The van der Waals surface area contributed by atoms with Gasteiger partial charge in [0, 0.05) is 28.8 Å². The lowest BCUT2D eigenvalue weighted by atomic mass is 10.1. The van der Waals surface area contributed by atoms with E-state index in [9.17, 15) is 0 Å². The molecule has 0 spiro atoms. The molecule has 0 saturated carbocycles. The molecule has 1 heterocycles. The molecule has 0 radical (unpaired) electrons. The smallest absolute Gasteiger partial charge is 0.159 e. The lowest BCUT2D eigenvalue weighted by Gasteiger charge is -2.08. The first-order chi connectivity index (χ1) is 9.06. The molecule has 2 aromatic rings. The molecule has 19 heavy (non-hydrogen) atoms. The molecule has 1 N–H and O–H groups in total. The second kappa shape index (κ2) is 6.26. The molecule has 0 unspecified atom stereocenters. The van der Waals surface area contributed by atoms with E-state index in [4.69, 9.17) is 0 Å². The Kier molecular flexibility index (Phi) is 4.66. The van der Waals surface area contributed by atoms with Crippen LogP contribution >= 0.6 is 15.9 Å². The van der Waals surface area contributed by atoms with Crippen molar-refractivity contribution in [3.63, 3.8) is 0 Å². The summed E-state index contributed by atoms with van der Waals surface area (Å²) >= 11 is 3.54. The van der Waals surface area contributed by atoms with E-state index in [2.05, 4.69) is 70.2 Å². The number of hydrogen-bond donors (Lipinski definition) is 1. The van der Waals surface area contributed by atoms with Crippen LogP contribution in [0.5, 0.6) is 0 Å². The normalized spacial score (nSPS) is 11.0. The van der Waals surface area contributed by atoms with E-state index in [1.807, 2.05) is 12.3 Å². The van der Waals surface area contributed by atoms with Crippen LogP contribution in [0, 0.1) is 6.92 Å². The average molecular weight is 320 g/mol. The third kappa shape index (κ3) is 3.85. The van der Waals surface area contributed by atoms with Crippen molar-refractivity contribution >= 4 is 15.9 Å². The topological polar surface area (TPSA) is 37.8 Å². The number of aromatic nitrogens is 2. The summed E-state index contributed by atoms with van der Waals surface area (Å²) in [6.07, 6.45) is 1.81. The molecule has 0 amide bonds. The number of hydrogen-bond acceptors (Lipinski definition) is 3. The summed E-state index contributed by atoms with van der Waals surface area (Å²) in [6, 6.07) is 8.58. The zero-order chi connectivity index (χ0) is 13.8. The predicted molar refractivity (Wildman–Crippen MR) is 81.9 cm³/mol. The maximum Gasteiger partial charge on any atom is 0.159 e. The van der Waals surface area contributed by atoms with Crippen LogP contribution in [0.1, 0.15) is 25.1 Å². The minimum absolute atomic E-state index is 0.451. The van der Waals surface area contributed by atoms with Gasteiger partial charge >= 0.3 is 0 Å². The van der Waals surface area contributed by atoms with Gasteiger partial charge < -0.3 is 5.32 Å². The van der Waals surface area contributed by atoms with Gasteiger partial charge in [-0.3, -0.25) is 0 Å². The first-order valence-corrected chi connectivity index (χ1v) is 7.17. The maximum absolute atomic E-state index is 4.59. The maximum atomic E-state index is 4.59. The van der Waals surface area contributed by atoms with Gasteiger partial charge in [-0.2, -0.15) is 0 Å². The molecule has 0 aliphatic heterocycles. The van der Waals surface area contributed by atoms with Gasteiger partial charge in [0.1, 0.15) is 0 Å². The minimum Gasteiger partial charge on any atom is -0.309 e. The summed E-state index contributed by atoms with van der Waals surface area (Å²) < 4.78 is 1.08. The van der Waals surface area contributed by atoms with E-state index in [1.54, 1.807) is 0 Å². The van der Waals surface area contributed by atoms with Crippen molar-refractivity contribution in [1.82, 2.24) is 15.3 Å². The first-order valence-electron chi connectivity index (χ1n) is 6.38. The summed E-state index contributed by atoms with van der Waals surface area (Å²) in [6.45, 7) is 7.08. The second-order valence-electron chi connectivity index (χ2n) is 4.87. The number of nitrogens with zero attached hydrogens (tertiary/aromatic N) is 2. The van der Waals surface area contributed by atoms with Crippen LogP contribution in [0.4, 0.5) is 0 Å². The second-order valence-corrected chi connectivity index (χ2v) is 5.73. The van der Waals surface area contributed by atoms with Crippen molar-refractivity contribution < 1.29 is 0 Å². The SMILES string of the molecule is Cc1ccc(-c2nccc(CNC(C)C)n2)cc1Br. The van der Waals surface area contributed by atoms with E-state index >= 15 is 0 Å². The molecule has 0 aliphatic rings. The molecule has 0 saturated heterocycles. The minimum atomic E-state index is 0.451. The van der Waals surface area contributed by atoms with Crippen LogP contribution in [0.15, 0.2) is 34.9 Å². The molecule has 0 aliphatic carbocycles. The quantitative estimate of drug-likeness (QED) is 0.933. The van der Waals surface area contributed by atoms with Gasteiger partial charge in [-0.15, -0.1) is 0 Å². The van der Waals surface area contributed by atoms with Crippen LogP contribution in [0.3, 0.4) is 0 Å². The zero-order valence-corrected chi connectivity index (χ0v) is 13.0. The number of aryl methyl sites for hydroxylation is 1. The van der Waals surface area contributed by atoms with Gasteiger partial charge in [0.05, 0.1) is 5.69 Å². The van der Waals surface area contributed by atoms with Crippen molar-refractivity contribution in [2.45, 2.75) is 33.4 Å². The molecule has 0 fully saturated rings. The third-order valence-corrected chi connectivity index (χ3v) is 3.69. The highest BCUT2D eigenvalue weighted by Crippen LogP contribution is 2.23. The number of rotatable bonds is 4. The molecule has 100 valence electrons. The predicted octanol–water partition coefficient (Wildman–Crippen LogP) is 3.71. The highest BCUT2D eigenvalue weighted by atomic mass is 79.9. The molecule has 1 aromatic carbocycles. The van der Waals surface area contributed by atoms with Gasteiger partial charge in [0.25, 0.3) is 0 Å². The Morgan fingerprint density at radius 2 is 2.05 bits per heavy atom. The Morgan fingerprint density at radius 3 is 2.74 bits per heavy atom. The van der Waals surface area contributed by atoms with Crippen molar-refractivity contribution in [3.05, 3.63) is 46.2 Å². The molecule has 0 atom stereocenters. The van der Waals surface area contributed by atoms with Crippen LogP contribution in [-0.2, 0) is 6.54 Å². The summed E-state index contributed by atoms with van der Waals surface area (Å²) in [5, 5.41) is 3.36. The van der Waals surface area contributed by atoms with E-state index in [-0.39, 0.29) is 0 Å². The summed E-state index contributed by atoms with van der Waals surface area (Å²) in [5.41, 5.74) is 3.25. The lowest BCUT2D eigenvalue weighted by Crippen LogP contribution is -2.22. The molecular formula is C15H18BrN3. The Morgan fingerprint density at radius 1 is 1.26 bits per heavy atom. The molecule has 2 rings (SSSR count). The fourth-order valence-corrected chi connectivity index (χ4v) is 2.05. The molecule has 0 bridgehead atoms. The Hall–Kier alpha value is -1.26. The lowest BCUT2D eigenvalue weighted by molar-refractivity contribution is 0.581. The largest absolute Gasteiger partial charge is 0.309 e. The van der Waals surface area contributed by atoms with Gasteiger partial charge in [0.2, 0.25) is 0 Å². The van der Waals surface area contributed by atoms with Gasteiger partial charge in [-0.1, -0.05) is 41.9 Å². The zero-order valence-electron chi connectivity index (χ0n) is 11.4. The number of nitrogens with one attached hydrogen (secondary N) is 1. The van der Waals surface area contributed by atoms with Crippen molar-refractivity contribution in [3.8, 4) is 11.4 Å². The van der Waals surface area contributed by atoms with E-state index in [0.29, 0.717) is 6.04 Å². The van der Waals surface area contributed by atoms with Crippen LogP contribution in [0.2, 0.25) is 0 Å². The Labute approximate surface area is 122 Å². The molecule has 3 nitrogen and oxygen atoms in total. The van der Waals surface area contributed by atoms with Crippen molar-refractivity contribution in [2.75, 3.05) is 0 Å². The van der Waals surface area contributed by atoms with E-state index in [0.717, 1.165) is 28.1 Å². The summed E-state index contributed by atoms with van der Waals surface area (Å²) in [5.74, 6) is 0.767. The Bertz CT molecular complexity index is 567. The third-order valence-electron chi connectivity index (χ3n) is 2.83. The highest BCUT2D eigenvalue weighted by molar-refractivity contribution is 9.10. The van der Waals surface area contributed by atoms with Gasteiger partial charge in [-0.25, -0.2) is 9.97 Å². The van der Waals surface area contributed by atoms with Crippen molar-refractivity contribution in [1.29, 1.82) is 0 Å². The summed E-state index contributed by atoms with van der Waals surface area (Å²) in [4.78, 5) is 8.94. The average Bonchev–Trinajstić information content (AvgIpc) is 2.40. The van der Waals surface area contributed by atoms with Crippen LogP contribution in [-0.4, -0.2) is 16.0 Å². The standard InChI is InChI=1S/C15H18BrN3/c1-10(2)18-9-13-6-7-17-15(19-13)12-5-4-11(3)14(16)8-12/h4-8,10,18H,9H2,1-3H3. The number of halogens is 1. The number of benzene rings is 1. The monoisotopic (exact) mass is 319 g/mol. The van der Waals surface area contributed by atoms with Gasteiger partial charge in [0.15, 0.2) is 5.82 Å². The van der Waals surface area contributed by atoms with Crippen molar-refractivity contribution in [2.24, 2.45) is 0 Å². The van der Waals surface area contributed by atoms with E-state index in [1.165, 1.54) is 5.56 Å². The summed E-state index contributed by atoms with van der Waals surface area (Å²) in [7, 11) is 0. The fourth-order valence-electron chi connectivity index (χ4n) is 1.67. The van der Waals surface area contributed by atoms with E-state index < -0.39 is 0 Å². The molecular weight excluding hydrogens is 302 g/mol. The highest BCUT2D eigenvalue weighted by Gasteiger charge is 2.05.